The molecule has 3 aromatic carbocycles. The second kappa shape index (κ2) is 5.53. The molecule has 0 radical (unpaired) electrons. The molecule has 0 saturated carbocycles. The molecule has 24 heavy (non-hydrogen) atoms. The number of fused-ring (bicyclic) bond motifs is 1. The van der Waals surface area contributed by atoms with Crippen LogP contribution in [0.5, 0.6) is 0 Å². The van der Waals surface area contributed by atoms with Crippen molar-refractivity contribution in [2.24, 2.45) is 0 Å². The highest BCUT2D eigenvalue weighted by molar-refractivity contribution is 6.11. The van der Waals surface area contributed by atoms with E-state index in [4.69, 9.17) is 0 Å². The standard InChI is InChI=1S/C21H18N2O/c1-22-17-13-11-16(12-14-17)21(15-7-3-2-4-8-15)18-9-5-6-10-19(18)23-20(21)24/h2-14,22H,1H3,(H,23,24). The van der Waals surface area contributed by atoms with Crippen LogP contribution in [-0.2, 0) is 10.2 Å². The molecule has 0 spiro atoms. The quantitative estimate of drug-likeness (QED) is 0.767. The van der Waals surface area contributed by atoms with Crippen LogP contribution < -0.4 is 10.6 Å². The van der Waals surface area contributed by atoms with Gasteiger partial charge in [0.05, 0.1) is 0 Å². The van der Waals surface area contributed by atoms with Crippen LogP contribution in [0.3, 0.4) is 0 Å². The van der Waals surface area contributed by atoms with Gasteiger partial charge in [-0.15, -0.1) is 0 Å². The highest BCUT2D eigenvalue weighted by atomic mass is 16.2. The Bertz CT molecular complexity index is 887. The van der Waals surface area contributed by atoms with E-state index >= 15 is 0 Å². The van der Waals surface area contributed by atoms with Crippen LogP contribution in [0.1, 0.15) is 16.7 Å². The largest absolute Gasteiger partial charge is 0.388 e. The molecule has 1 unspecified atom stereocenters. The highest BCUT2D eigenvalue weighted by Gasteiger charge is 2.49. The number of benzene rings is 3. The van der Waals surface area contributed by atoms with Crippen molar-refractivity contribution in [3.8, 4) is 0 Å². The number of carbonyl (C=O) groups is 1. The monoisotopic (exact) mass is 314 g/mol. The van der Waals surface area contributed by atoms with Gasteiger partial charge < -0.3 is 10.6 Å². The van der Waals surface area contributed by atoms with Crippen molar-refractivity contribution < 1.29 is 4.79 Å². The van der Waals surface area contributed by atoms with Gasteiger partial charge in [0.2, 0.25) is 5.91 Å². The van der Waals surface area contributed by atoms with Crippen LogP contribution in [0.2, 0.25) is 0 Å². The van der Waals surface area contributed by atoms with Gasteiger partial charge in [-0.2, -0.15) is 0 Å². The Balaban J connectivity index is 2.03. The summed E-state index contributed by atoms with van der Waals surface area (Å²) in [7, 11) is 1.89. The Labute approximate surface area is 141 Å². The molecule has 1 aliphatic rings. The predicted molar refractivity (Wildman–Crippen MR) is 97.4 cm³/mol. The summed E-state index contributed by atoms with van der Waals surface area (Å²) in [6.07, 6.45) is 0. The number of nitrogens with one attached hydrogen (secondary N) is 2. The Kier molecular flexibility index (Phi) is 3.35. The fraction of sp³-hybridized carbons (Fsp3) is 0.0952. The predicted octanol–water partition coefficient (Wildman–Crippen LogP) is 4.01. The molecule has 3 nitrogen and oxygen atoms in total. The molecule has 0 saturated heterocycles. The van der Waals surface area contributed by atoms with Crippen LogP contribution in [0.4, 0.5) is 11.4 Å². The van der Waals surface area contributed by atoms with Crippen molar-refractivity contribution in [3.05, 3.63) is 95.6 Å². The summed E-state index contributed by atoms with van der Waals surface area (Å²) in [6, 6.07) is 26.0. The van der Waals surface area contributed by atoms with E-state index in [2.05, 4.69) is 10.6 Å². The van der Waals surface area contributed by atoms with E-state index < -0.39 is 5.41 Å². The van der Waals surface area contributed by atoms with Gasteiger partial charge in [0.1, 0.15) is 5.41 Å². The maximum absolute atomic E-state index is 13.2. The van der Waals surface area contributed by atoms with E-state index in [1.54, 1.807) is 0 Å². The second-order valence-corrected chi connectivity index (χ2v) is 5.94. The van der Waals surface area contributed by atoms with Crippen molar-refractivity contribution in [1.82, 2.24) is 0 Å². The maximum atomic E-state index is 13.2. The first kappa shape index (κ1) is 14.5. The zero-order valence-corrected chi connectivity index (χ0v) is 13.4. The van der Waals surface area contributed by atoms with Crippen molar-refractivity contribution >= 4 is 17.3 Å². The van der Waals surface area contributed by atoms with Crippen LogP contribution in [0, 0.1) is 0 Å². The fourth-order valence-corrected chi connectivity index (χ4v) is 3.57. The van der Waals surface area contributed by atoms with Crippen LogP contribution in [0.15, 0.2) is 78.9 Å². The second-order valence-electron chi connectivity index (χ2n) is 5.94. The minimum Gasteiger partial charge on any atom is -0.388 e. The molecule has 1 atom stereocenters. The number of para-hydroxylation sites is 1. The third-order valence-corrected chi connectivity index (χ3v) is 4.73. The molecule has 0 aliphatic carbocycles. The molecule has 3 heteroatoms. The highest BCUT2D eigenvalue weighted by Crippen LogP contribution is 2.47. The van der Waals surface area contributed by atoms with Crippen molar-refractivity contribution in [2.75, 3.05) is 17.7 Å². The first-order chi connectivity index (χ1) is 11.8. The Morgan fingerprint density at radius 1 is 0.792 bits per heavy atom. The lowest BCUT2D eigenvalue weighted by Crippen LogP contribution is -2.36. The first-order valence-electron chi connectivity index (χ1n) is 8.01. The molecular weight excluding hydrogens is 296 g/mol. The van der Waals surface area contributed by atoms with E-state index in [1.165, 1.54) is 0 Å². The number of anilines is 2. The molecule has 1 aliphatic heterocycles. The molecule has 2 N–H and O–H groups in total. The maximum Gasteiger partial charge on any atom is 0.244 e. The number of hydrogen-bond acceptors (Lipinski definition) is 2. The minimum absolute atomic E-state index is 0.00731. The summed E-state index contributed by atoms with van der Waals surface area (Å²) in [5.74, 6) is -0.00731. The lowest BCUT2D eigenvalue weighted by Gasteiger charge is -2.29. The summed E-state index contributed by atoms with van der Waals surface area (Å²) in [6.45, 7) is 0. The van der Waals surface area contributed by atoms with Gasteiger partial charge in [0.25, 0.3) is 0 Å². The zero-order chi connectivity index (χ0) is 16.6. The number of amides is 1. The van der Waals surface area contributed by atoms with Gasteiger partial charge in [-0.25, -0.2) is 0 Å². The smallest absolute Gasteiger partial charge is 0.244 e. The Hall–Kier alpha value is -3.07. The number of hydrogen-bond donors (Lipinski definition) is 2. The van der Waals surface area contributed by atoms with Gasteiger partial charge in [0, 0.05) is 24.0 Å². The summed E-state index contributed by atoms with van der Waals surface area (Å²) in [4.78, 5) is 13.2. The molecule has 4 rings (SSSR count). The molecule has 118 valence electrons. The van der Waals surface area contributed by atoms with Crippen molar-refractivity contribution in [2.45, 2.75) is 5.41 Å². The molecule has 1 heterocycles. The van der Waals surface area contributed by atoms with Gasteiger partial charge in [0.15, 0.2) is 0 Å². The molecule has 0 bridgehead atoms. The summed E-state index contributed by atoms with van der Waals surface area (Å²) >= 11 is 0. The van der Waals surface area contributed by atoms with Gasteiger partial charge in [-0.05, 0) is 29.3 Å². The van der Waals surface area contributed by atoms with E-state index in [9.17, 15) is 4.79 Å². The summed E-state index contributed by atoms with van der Waals surface area (Å²) in [5.41, 5.74) is 4.03. The average molecular weight is 314 g/mol. The SMILES string of the molecule is CNc1ccc(C2(c3ccccc3)C(=O)Nc3ccccc32)cc1. The molecule has 0 aromatic heterocycles. The van der Waals surface area contributed by atoms with Gasteiger partial charge in [-0.3, -0.25) is 4.79 Å². The Morgan fingerprint density at radius 3 is 2.12 bits per heavy atom. The molecule has 0 fully saturated rings. The molecule has 3 aromatic rings. The van der Waals surface area contributed by atoms with Crippen molar-refractivity contribution in [3.63, 3.8) is 0 Å². The summed E-state index contributed by atoms with van der Waals surface area (Å²) < 4.78 is 0. The first-order valence-corrected chi connectivity index (χ1v) is 8.01. The fourth-order valence-electron chi connectivity index (χ4n) is 3.57. The normalized spacial score (nSPS) is 18.8. The lowest BCUT2D eigenvalue weighted by molar-refractivity contribution is -0.118. The average Bonchev–Trinajstić information content (AvgIpc) is 2.95. The van der Waals surface area contributed by atoms with E-state index in [1.807, 2.05) is 85.9 Å². The minimum atomic E-state index is -0.815. The third-order valence-electron chi connectivity index (χ3n) is 4.73. The van der Waals surface area contributed by atoms with Gasteiger partial charge in [-0.1, -0.05) is 60.7 Å². The van der Waals surface area contributed by atoms with E-state index in [-0.39, 0.29) is 5.91 Å². The summed E-state index contributed by atoms with van der Waals surface area (Å²) in [5, 5.41) is 6.19. The molecule has 1 amide bonds. The third kappa shape index (κ3) is 1.95. The zero-order valence-electron chi connectivity index (χ0n) is 13.4. The van der Waals surface area contributed by atoms with E-state index in [0.29, 0.717) is 0 Å². The number of rotatable bonds is 3. The lowest BCUT2D eigenvalue weighted by atomic mass is 9.70. The van der Waals surface area contributed by atoms with Gasteiger partial charge >= 0.3 is 0 Å². The topological polar surface area (TPSA) is 41.1 Å². The van der Waals surface area contributed by atoms with Crippen LogP contribution in [0.25, 0.3) is 0 Å². The van der Waals surface area contributed by atoms with Crippen LogP contribution in [-0.4, -0.2) is 13.0 Å². The molecular formula is C21H18N2O. The van der Waals surface area contributed by atoms with Crippen LogP contribution >= 0.6 is 0 Å². The Morgan fingerprint density at radius 2 is 1.42 bits per heavy atom. The van der Waals surface area contributed by atoms with E-state index in [0.717, 1.165) is 28.1 Å². The van der Waals surface area contributed by atoms with Crippen molar-refractivity contribution in [1.29, 1.82) is 0 Å². The number of carbonyl (C=O) groups excluding carboxylic acids is 1.